The van der Waals surface area contributed by atoms with Crippen molar-refractivity contribution in [2.45, 2.75) is 30.7 Å². The van der Waals surface area contributed by atoms with Gasteiger partial charge in [0.05, 0.1) is 4.90 Å². The summed E-state index contributed by atoms with van der Waals surface area (Å²) in [6.45, 7) is 4.89. The zero-order valence-corrected chi connectivity index (χ0v) is 18.1. The molecule has 1 aliphatic heterocycles. The van der Waals surface area contributed by atoms with Crippen molar-refractivity contribution in [1.29, 1.82) is 0 Å². The average molecular weight is 480 g/mol. The van der Waals surface area contributed by atoms with E-state index in [1.807, 2.05) is 12.1 Å². The topological polar surface area (TPSA) is 73.8 Å². The van der Waals surface area contributed by atoms with Crippen molar-refractivity contribution in [2.24, 2.45) is 4.99 Å². The second kappa shape index (κ2) is 11.0. The normalized spacial score (nSPS) is 16.2. The monoisotopic (exact) mass is 480 g/mol. The first kappa shape index (κ1) is 22.2. The van der Waals surface area contributed by atoms with Crippen LogP contribution in [0.15, 0.2) is 34.2 Å². The van der Waals surface area contributed by atoms with Crippen molar-refractivity contribution < 1.29 is 8.42 Å². The molecule has 0 atom stereocenters. The van der Waals surface area contributed by atoms with Gasteiger partial charge in [-0.25, -0.2) is 8.42 Å². The summed E-state index contributed by atoms with van der Waals surface area (Å²) in [5, 5.41) is 6.58. The summed E-state index contributed by atoms with van der Waals surface area (Å²) < 4.78 is 22.9. The van der Waals surface area contributed by atoms with Crippen LogP contribution in [0.3, 0.4) is 0 Å². The van der Waals surface area contributed by atoms with Crippen LogP contribution in [0.2, 0.25) is 0 Å². The van der Waals surface area contributed by atoms with Crippen molar-refractivity contribution in [3.8, 4) is 0 Å². The van der Waals surface area contributed by atoms with Crippen molar-refractivity contribution >= 4 is 39.8 Å². The molecule has 2 N–H and O–H groups in total. The average Bonchev–Trinajstić information content (AvgIpc) is 2.58. The Bertz CT molecular complexity index is 641. The maximum Gasteiger partial charge on any atom is 0.191 e. The third-order valence-corrected chi connectivity index (χ3v) is 5.33. The molecule has 2 rings (SSSR count). The van der Waals surface area contributed by atoms with Crippen molar-refractivity contribution in [3.05, 3.63) is 29.8 Å². The van der Waals surface area contributed by atoms with E-state index in [-0.39, 0.29) is 24.0 Å². The molecule has 1 fully saturated rings. The van der Waals surface area contributed by atoms with Gasteiger partial charge in [0.15, 0.2) is 15.8 Å². The number of sulfone groups is 1. The molecule has 0 radical (unpaired) electrons. The highest BCUT2D eigenvalue weighted by Gasteiger charge is 2.09. The second-order valence-electron chi connectivity index (χ2n) is 6.17. The molecule has 1 aliphatic rings. The van der Waals surface area contributed by atoms with Gasteiger partial charge >= 0.3 is 0 Å². The van der Waals surface area contributed by atoms with Crippen molar-refractivity contribution in [2.75, 3.05) is 39.5 Å². The maximum atomic E-state index is 11.5. The number of halogens is 1. The molecule has 1 saturated heterocycles. The van der Waals surface area contributed by atoms with Gasteiger partial charge in [-0.05, 0) is 43.6 Å². The summed E-state index contributed by atoms with van der Waals surface area (Å²) in [5.41, 5.74) is 1.02. The Morgan fingerprint density at radius 3 is 2.32 bits per heavy atom. The first-order valence-electron chi connectivity index (χ1n) is 8.45. The van der Waals surface area contributed by atoms with Crippen LogP contribution in [-0.4, -0.2) is 58.8 Å². The summed E-state index contributed by atoms with van der Waals surface area (Å²) in [7, 11) is -1.39. The number of rotatable bonds is 6. The maximum absolute atomic E-state index is 11.5. The van der Waals surface area contributed by atoms with E-state index < -0.39 is 9.84 Å². The third kappa shape index (κ3) is 7.91. The van der Waals surface area contributed by atoms with Gasteiger partial charge in [-0.2, -0.15) is 0 Å². The van der Waals surface area contributed by atoms with Gasteiger partial charge in [0.1, 0.15) is 0 Å². The fraction of sp³-hybridized carbons (Fsp3) is 0.588. The highest BCUT2D eigenvalue weighted by Crippen LogP contribution is 2.10. The smallest absolute Gasteiger partial charge is 0.191 e. The highest BCUT2D eigenvalue weighted by atomic mass is 127. The van der Waals surface area contributed by atoms with Gasteiger partial charge in [-0.15, -0.1) is 24.0 Å². The van der Waals surface area contributed by atoms with Crippen LogP contribution in [0, 0.1) is 0 Å². The standard InChI is InChI=1S/C17H28N4O2S.HI/c1-18-17(19-10-13-21-11-4-3-5-12-21)20-14-15-6-8-16(9-7-15)24(2,22)23;/h6-9H,3-5,10-14H2,1-2H3,(H2,18,19,20);1H. The molecule has 142 valence electrons. The molecule has 1 heterocycles. The number of hydrogen-bond acceptors (Lipinski definition) is 4. The summed E-state index contributed by atoms with van der Waals surface area (Å²) in [5.74, 6) is 0.763. The molecule has 0 unspecified atom stereocenters. The fourth-order valence-corrected chi connectivity index (χ4v) is 3.41. The fourth-order valence-electron chi connectivity index (χ4n) is 2.78. The van der Waals surface area contributed by atoms with Gasteiger partial charge in [-0.1, -0.05) is 18.6 Å². The minimum atomic E-state index is -3.14. The zero-order valence-electron chi connectivity index (χ0n) is 15.0. The van der Waals surface area contributed by atoms with E-state index in [9.17, 15) is 8.42 Å². The Morgan fingerprint density at radius 1 is 1.12 bits per heavy atom. The minimum absolute atomic E-state index is 0. The number of guanidine groups is 1. The molecular weight excluding hydrogens is 451 g/mol. The SMILES string of the molecule is CN=C(NCCN1CCCCC1)NCc1ccc(S(C)(=O)=O)cc1.I. The molecule has 6 nitrogen and oxygen atoms in total. The zero-order chi connectivity index (χ0) is 17.4. The third-order valence-electron chi connectivity index (χ3n) is 4.20. The second-order valence-corrected chi connectivity index (χ2v) is 8.19. The number of nitrogens with zero attached hydrogens (tertiary/aromatic N) is 2. The largest absolute Gasteiger partial charge is 0.355 e. The summed E-state index contributed by atoms with van der Waals surface area (Å²) in [6, 6.07) is 6.92. The van der Waals surface area contributed by atoms with Crippen LogP contribution in [0.4, 0.5) is 0 Å². The van der Waals surface area contributed by atoms with Crippen molar-refractivity contribution in [3.63, 3.8) is 0 Å². The lowest BCUT2D eigenvalue weighted by Crippen LogP contribution is -2.42. The molecular formula is C17H29IN4O2S. The van der Waals surface area contributed by atoms with Gasteiger partial charge in [0.25, 0.3) is 0 Å². The lowest BCUT2D eigenvalue weighted by molar-refractivity contribution is 0.232. The lowest BCUT2D eigenvalue weighted by atomic mass is 10.1. The minimum Gasteiger partial charge on any atom is -0.355 e. The number of hydrogen-bond donors (Lipinski definition) is 2. The Kier molecular flexibility index (Phi) is 9.73. The molecule has 0 bridgehead atoms. The van der Waals surface area contributed by atoms with E-state index in [2.05, 4.69) is 20.5 Å². The molecule has 8 heteroatoms. The molecule has 0 amide bonds. The van der Waals surface area contributed by atoms with Crippen molar-refractivity contribution in [1.82, 2.24) is 15.5 Å². The number of piperidine rings is 1. The number of aliphatic imine (C=N–C) groups is 1. The summed E-state index contributed by atoms with van der Waals surface area (Å²) in [4.78, 5) is 7.05. The van der Waals surface area contributed by atoms with Crippen LogP contribution in [-0.2, 0) is 16.4 Å². The number of likely N-dealkylation sites (tertiary alicyclic amines) is 1. The highest BCUT2D eigenvalue weighted by molar-refractivity contribution is 14.0. The van der Waals surface area contributed by atoms with E-state index in [1.165, 1.54) is 38.6 Å². The van der Waals surface area contributed by atoms with Crippen LogP contribution in [0.25, 0.3) is 0 Å². The van der Waals surface area contributed by atoms with Gasteiger partial charge in [0, 0.05) is 32.9 Å². The van der Waals surface area contributed by atoms with Crippen LogP contribution >= 0.6 is 24.0 Å². The lowest BCUT2D eigenvalue weighted by Gasteiger charge is -2.26. The van der Waals surface area contributed by atoms with E-state index >= 15 is 0 Å². The van der Waals surface area contributed by atoms with Gasteiger partial charge in [0.2, 0.25) is 0 Å². The van der Waals surface area contributed by atoms with E-state index in [0.717, 1.165) is 24.6 Å². The first-order chi connectivity index (χ1) is 11.5. The van der Waals surface area contributed by atoms with E-state index in [1.54, 1.807) is 19.2 Å². The molecule has 0 aromatic heterocycles. The molecule has 0 saturated carbocycles. The van der Waals surface area contributed by atoms with Crippen LogP contribution in [0.5, 0.6) is 0 Å². The molecule has 1 aromatic carbocycles. The Labute approximate surface area is 168 Å². The first-order valence-corrected chi connectivity index (χ1v) is 10.3. The van der Waals surface area contributed by atoms with E-state index in [0.29, 0.717) is 11.4 Å². The summed E-state index contributed by atoms with van der Waals surface area (Å²) >= 11 is 0. The predicted molar refractivity (Wildman–Crippen MR) is 113 cm³/mol. The quantitative estimate of drug-likeness (QED) is 0.370. The van der Waals surface area contributed by atoms with E-state index in [4.69, 9.17) is 0 Å². The van der Waals surface area contributed by atoms with Gasteiger partial charge < -0.3 is 15.5 Å². The Balaban J connectivity index is 0.00000312. The number of benzene rings is 1. The molecule has 0 aliphatic carbocycles. The van der Waals surface area contributed by atoms with Crippen LogP contribution in [0.1, 0.15) is 24.8 Å². The number of nitrogens with one attached hydrogen (secondary N) is 2. The van der Waals surface area contributed by atoms with Gasteiger partial charge in [-0.3, -0.25) is 4.99 Å². The predicted octanol–water partition coefficient (Wildman–Crippen LogP) is 1.86. The molecule has 25 heavy (non-hydrogen) atoms. The Morgan fingerprint density at radius 2 is 1.76 bits per heavy atom. The molecule has 1 aromatic rings. The Hall–Kier alpha value is -0.870. The van der Waals surface area contributed by atoms with Crippen LogP contribution < -0.4 is 10.6 Å². The summed E-state index contributed by atoms with van der Waals surface area (Å²) in [6.07, 6.45) is 5.17. The molecule has 0 spiro atoms.